The van der Waals surface area contributed by atoms with E-state index in [1.165, 1.54) is 9.81 Å². The topological polar surface area (TPSA) is 35.9 Å². The van der Waals surface area contributed by atoms with Gasteiger partial charge in [0.05, 0.1) is 5.71 Å². The molecule has 0 saturated carbocycles. The fourth-order valence-electron chi connectivity index (χ4n) is 2.78. The third-order valence-corrected chi connectivity index (χ3v) is 5.88. The van der Waals surface area contributed by atoms with Gasteiger partial charge in [-0.15, -0.1) is 0 Å². The molecular formula is C25H35ClN2S. The molecule has 0 aromatic carbocycles. The number of thioether (sulfide) groups is 1. The lowest BCUT2D eigenvalue weighted by Crippen LogP contribution is -2.36. The van der Waals surface area contributed by atoms with Crippen molar-refractivity contribution >= 4 is 29.1 Å². The van der Waals surface area contributed by atoms with Crippen molar-refractivity contribution in [2.75, 3.05) is 0 Å². The summed E-state index contributed by atoms with van der Waals surface area (Å²) in [6.07, 6.45) is 22.3. The summed E-state index contributed by atoms with van der Waals surface area (Å²) in [5.41, 5.74) is 1.22. The molecule has 2 nitrogen and oxygen atoms in total. The molecule has 2 atom stereocenters. The zero-order valence-corrected chi connectivity index (χ0v) is 19.7. The minimum Gasteiger partial charge on any atom is -0.303 e. The van der Waals surface area contributed by atoms with Crippen LogP contribution in [0.3, 0.4) is 0 Å². The molecule has 0 aromatic rings. The Kier molecular flexibility index (Phi) is 12.7. The van der Waals surface area contributed by atoms with E-state index in [0.29, 0.717) is 12.1 Å². The Hall–Kier alpha value is -1.55. The van der Waals surface area contributed by atoms with Crippen LogP contribution in [0.15, 0.2) is 81.7 Å². The molecule has 0 spiro atoms. The summed E-state index contributed by atoms with van der Waals surface area (Å²) >= 11 is 7.73. The molecule has 1 aliphatic rings. The maximum Gasteiger partial charge on any atom is 0.0566 e. The van der Waals surface area contributed by atoms with Gasteiger partial charge in [0.15, 0.2) is 0 Å². The standard InChI is InChI=1S/C25H35ClN2S/c1-6-7-8-9-10-13-23(17-18-24(27)19(2)15-16-20(3)26)28-22(5)25-14-11-12-21(4)29-25/h6-9,12,14,16-18,22-23,27-28H,2,10-11,13,15H2,1,3-5H3/b7-6-,9-8-,18-17?,20-16?,27-24?. The zero-order chi connectivity index (χ0) is 21.6. The maximum atomic E-state index is 8.27. The van der Waals surface area contributed by atoms with Crippen molar-refractivity contribution in [2.24, 2.45) is 0 Å². The Morgan fingerprint density at radius 2 is 2.14 bits per heavy atom. The average molecular weight is 431 g/mol. The van der Waals surface area contributed by atoms with Crippen molar-refractivity contribution in [3.63, 3.8) is 0 Å². The number of allylic oxidation sites excluding steroid dienone is 11. The first-order valence-corrected chi connectivity index (χ1v) is 11.4. The molecule has 0 saturated heterocycles. The van der Waals surface area contributed by atoms with Gasteiger partial charge in [0.1, 0.15) is 0 Å². The predicted octanol–water partition coefficient (Wildman–Crippen LogP) is 7.84. The van der Waals surface area contributed by atoms with Gasteiger partial charge in [-0.3, -0.25) is 0 Å². The molecule has 1 rings (SSSR count). The highest BCUT2D eigenvalue weighted by Crippen LogP contribution is 2.32. The third kappa shape index (κ3) is 11.3. The van der Waals surface area contributed by atoms with Crippen molar-refractivity contribution in [1.29, 1.82) is 5.41 Å². The largest absolute Gasteiger partial charge is 0.303 e. The molecule has 0 aromatic heterocycles. The summed E-state index contributed by atoms with van der Waals surface area (Å²) in [6.45, 7) is 12.2. The molecule has 1 aliphatic heterocycles. The second kappa shape index (κ2) is 14.4. The Labute approximate surface area is 186 Å². The predicted molar refractivity (Wildman–Crippen MR) is 134 cm³/mol. The van der Waals surface area contributed by atoms with Crippen molar-refractivity contribution in [3.8, 4) is 0 Å². The van der Waals surface area contributed by atoms with Gasteiger partial charge < -0.3 is 10.7 Å². The minimum absolute atomic E-state index is 0.187. The van der Waals surface area contributed by atoms with Gasteiger partial charge in [0.2, 0.25) is 0 Å². The van der Waals surface area contributed by atoms with Gasteiger partial charge in [-0.25, -0.2) is 0 Å². The van der Waals surface area contributed by atoms with Gasteiger partial charge in [-0.2, -0.15) is 0 Å². The van der Waals surface area contributed by atoms with Gasteiger partial charge >= 0.3 is 0 Å². The number of nitrogens with one attached hydrogen (secondary N) is 2. The highest BCUT2D eigenvalue weighted by molar-refractivity contribution is 8.06. The molecule has 29 heavy (non-hydrogen) atoms. The van der Waals surface area contributed by atoms with E-state index in [1.54, 1.807) is 0 Å². The summed E-state index contributed by atoms with van der Waals surface area (Å²) < 4.78 is 0. The Bertz CT molecular complexity index is 734. The molecule has 0 radical (unpaired) electrons. The van der Waals surface area contributed by atoms with E-state index >= 15 is 0 Å². The lowest BCUT2D eigenvalue weighted by molar-refractivity contribution is 0.524. The Morgan fingerprint density at radius 3 is 2.79 bits per heavy atom. The van der Waals surface area contributed by atoms with E-state index < -0.39 is 0 Å². The van der Waals surface area contributed by atoms with Gasteiger partial charge in [0.25, 0.3) is 0 Å². The first-order valence-electron chi connectivity index (χ1n) is 10.2. The minimum atomic E-state index is 0.187. The van der Waals surface area contributed by atoms with Crippen molar-refractivity contribution in [2.45, 2.75) is 65.5 Å². The van der Waals surface area contributed by atoms with Crippen molar-refractivity contribution < 1.29 is 0 Å². The van der Waals surface area contributed by atoms with E-state index in [-0.39, 0.29) is 12.1 Å². The van der Waals surface area contributed by atoms with Crippen LogP contribution in [-0.2, 0) is 0 Å². The number of rotatable bonds is 12. The van der Waals surface area contributed by atoms with Crippen LogP contribution >= 0.6 is 23.4 Å². The summed E-state index contributed by atoms with van der Waals surface area (Å²) in [6, 6.07) is 0.462. The quantitative estimate of drug-likeness (QED) is 0.244. The van der Waals surface area contributed by atoms with E-state index in [0.717, 1.165) is 29.9 Å². The monoisotopic (exact) mass is 430 g/mol. The number of halogens is 1. The van der Waals surface area contributed by atoms with Crippen LogP contribution in [-0.4, -0.2) is 17.8 Å². The molecule has 1 heterocycles. The fourth-order valence-corrected chi connectivity index (χ4v) is 3.83. The molecule has 0 amide bonds. The summed E-state index contributed by atoms with van der Waals surface area (Å²) in [7, 11) is 0. The van der Waals surface area contributed by atoms with E-state index in [9.17, 15) is 0 Å². The van der Waals surface area contributed by atoms with Gasteiger partial charge in [-0.1, -0.05) is 78.5 Å². The van der Waals surface area contributed by atoms with Crippen molar-refractivity contribution in [1.82, 2.24) is 5.32 Å². The lowest BCUT2D eigenvalue weighted by atomic mass is 10.0. The van der Waals surface area contributed by atoms with Gasteiger partial charge in [0, 0.05) is 22.0 Å². The van der Waals surface area contributed by atoms with Crippen LogP contribution in [0.2, 0.25) is 0 Å². The summed E-state index contributed by atoms with van der Waals surface area (Å²) in [5.74, 6) is 0. The molecule has 158 valence electrons. The van der Waals surface area contributed by atoms with Crippen molar-refractivity contribution in [3.05, 3.63) is 81.7 Å². The number of hydrogen-bond donors (Lipinski definition) is 2. The first kappa shape index (κ1) is 25.5. The highest BCUT2D eigenvalue weighted by Gasteiger charge is 2.15. The van der Waals surface area contributed by atoms with E-state index in [2.05, 4.69) is 56.1 Å². The molecule has 4 heteroatoms. The molecule has 0 fully saturated rings. The summed E-state index contributed by atoms with van der Waals surface area (Å²) in [5, 5.41) is 12.7. The van der Waals surface area contributed by atoms with Crippen LogP contribution < -0.4 is 5.32 Å². The normalized spacial score (nSPS) is 17.6. The Morgan fingerprint density at radius 1 is 1.38 bits per heavy atom. The van der Waals surface area contributed by atoms with Crippen LogP contribution in [0.1, 0.15) is 53.4 Å². The second-order valence-corrected chi connectivity index (χ2v) is 9.07. The molecule has 2 unspecified atom stereocenters. The number of hydrogen-bond acceptors (Lipinski definition) is 3. The van der Waals surface area contributed by atoms with Gasteiger partial charge in [-0.05, 0) is 69.9 Å². The lowest BCUT2D eigenvalue weighted by Gasteiger charge is -2.24. The molecular weight excluding hydrogens is 396 g/mol. The van der Waals surface area contributed by atoms with E-state index in [4.69, 9.17) is 17.0 Å². The zero-order valence-electron chi connectivity index (χ0n) is 18.2. The highest BCUT2D eigenvalue weighted by atomic mass is 35.5. The first-order chi connectivity index (χ1) is 13.8. The molecule has 0 bridgehead atoms. The van der Waals surface area contributed by atoms with Crippen LogP contribution in [0.25, 0.3) is 0 Å². The average Bonchev–Trinajstić information content (AvgIpc) is 2.69. The fraction of sp³-hybridized carbons (Fsp3) is 0.400. The SMILES string of the molecule is C=C(CC=C(C)Cl)C(=N)C=CC(CC/C=C\C=C/C)NC(C)C1=CCC=C(C)S1. The van der Waals surface area contributed by atoms with Crippen LogP contribution in [0.4, 0.5) is 0 Å². The van der Waals surface area contributed by atoms with Crippen LogP contribution in [0.5, 0.6) is 0 Å². The molecule has 2 N–H and O–H groups in total. The Balaban J connectivity index is 2.76. The third-order valence-electron chi connectivity index (χ3n) is 4.48. The second-order valence-electron chi connectivity index (χ2n) is 7.16. The maximum absolute atomic E-state index is 8.27. The smallest absolute Gasteiger partial charge is 0.0566 e. The van der Waals surface area contributed by atoms with E-state index in [1.807, 2.05) is 49.9 Å². The molecule has 0 aliphatic carbocycles. The summed E-state index contributed by atoms with van der Waals surface area (Å²) in [4.78, 5) is 2.73. The van der Waals surface area contributed by atoms with Crippen LogP contribution in [0, 0.1) is 5.41 Å².